The van der Waals surface area contributed by atoms with Gasteiger partial charge in [-0.15, -0.1) is 11.3 Å². The summed E-state index contributed by atoms with van der Waals surface area (Å²) in [7, 11) is 0. The molecule has 0 spiro atoms. The molecule has 1 fully saturated rings. The van der Waals surface area contributed by atoms with Crippen molar-refractivity contribution in [1.29, 1.82) is 0 Å². The van der Waals surface area contributed by atoms with Gasteiger partial charge in [-0.1, -0.05) is 35.9 Å². The highest BCUT2D eigenvalue weighted by Crippen LogP contribution is 2.40. The fourth-order valence-electron chi connectivity index (χ4n) is 4.62. The van der Waals surface area contributed by atoms with Crippen LogP contribution in [0.2, 0.25) is 5.02 Å². The number of hydrogen-bond acceptors (Lipinski definition) is 6. The molecule has 196 valence electrons. The third-order valence-electron chi connectivity index (χ3n) is 6.52. The van der Waals surface area contributed by atoms with E-state index in [-0.39, 0.29) is 27.8 Å². The number of halogens is 2. The first-order valence-corrected chi connectivity index (χ1v) is 13.2. The molecule has 8 nitrogen and oxygen atoms in total. The number of carboxylic acid groups (broad SMARTS) is 1. The number of aromatic carboxylic acids is 1. The summed E-state index contributed by atoms with van der Waals surface area (Å²) in [6.45, 7) is 0.630. The van der Waals surface area contributed by atoms with E-state index in [1.54, 1.807) is 22.8 Å². The van der Waals surface area contributed by atoms with E-state index in [2.05, 4.69) is 10.1 Å². The summed E-state index contributed by atoms with van der Waals surface area (Å²) < 4.78 is 21.9. The number of ether oxygens (including phenoxy) is 1. The van der Waals surface area contributed by atoms with Gasteiger partial charge >= 0.3 is 5.97 Å². The van der Waals surface area contributed by atoms with Gasteiger partial charge in [0, 0.05) is 40.5 Å². The highest BCUT2D eigenvalue weighted by atomic mass is 35.5. The number of carbonyl (C=O) groups is 2. The summed E-state index contributed by atoms with van der Waals surface area (Å²) in [5.74, 6) is -2.60. The van der Waals surface area contributed by atoms with Crippen molar-refractivity contribution in [3.63, 3.8) is 0 Å². The standard InChI is InChI=1S/C28H20ClFN4O4S/c29-18-6-7-20(21(30)12-18)27(35)34(19-8-11-38-15-19)23-14-24(39-26(23)28(36)37)17-4-2-16(3-5-17)22-13-25-31-9-1-10-33(25)32-22/h1-7,9-10,12-14,19H,8,11,15H2,(H,36,37). The molecule has 5 aromatic rings. The lowest BCUT2D eigenvalue weighted by Gasteiger charge is -2.28. The average molecular weight is 563 g/mol. The number of carbonyl (C=O) groups excluding carboxylic acids is 1. The maximum atomic E-state index is 14.8. The fourth-order valence-corrected chi connectivity index (χ4v) is 5.77. The molecule has 0 bridgehead atoms. The first-order valence-electron chi connectivity index (χ1n) is 12.0. The van der Waals surface area contributed by atoms with Gasteiger partial charge in [-0.2, -0.15) is 5.10 Å². The maximum absolute atomic E-state index is 14.8. The summed E-state index contributed by atoms with van der Waals surface area (Å²) in [5.41, 5.74) is 3.13. The topological polar surface area (TPSA) is 97.0 Å². The van der Waals surface area contributed by atoms with Crippen LogP contribution in [0.5, 0.6) is 0 Å². The quantitative estimate of drug-likeness (QED) is 0.270. The number of fused-ring (bicyclic) bond motifs is 1. The van der Waals surface area contributed by atoms with Crippen LogP contribution in [0.4, 0.5) is 10.1 Å². The molecule has 4 heterocycles. The normalized spacial score (nSPS) is 15.1. The smallest absolute Gasteiger partial charge is 0.348 e. The number of benzene rings is 2. The minimum absolute atomic E-state index is 0.0184. The second-order valence-electron chi connectivity index (χ2n) is 8.98. The van der Waals surface area contributed by atoms with Crippen molar-refractivity contribution >= 4 is 46.1 Å². The summed E-state index contributed by atoms with van der Waals surface area (Å²) in [6, 6.07) is 16.2. The van der Waals surface area contributed by atoms with Gasteiger partial charge in [0.05, 0.1) is 29.6 Å². The second-order valence-corrected chi connectivity index (χ2v) is 10.5. The molecule has 39 heavy (non-hydrogen) atoms. The van der Waals surface area contributed by atoms with E-state index in [1.807, 2.05) is 36.5 Å². The molecule has 0 aliphatic carbocycles. The number of rotatable bonds is 6. The van der Waals surface area contributed by atoms with Crippen LogP contribution in [0.3, 0.4) is 0 Å². The summed E-state index contributed by atoms with van der Waals surface area (Å²) in [5, 5.41) is 14.8. The van der Waals surface area contributed by atoms with Gasteiger partial charge < -0.3 is 14.7 Å². The SMILES string of the molecule is O=C(O)c1sc(-c2ccc(-c3cc4ncccn4n3)cc2)cc1N(C(=O)c1ccc(Cl)cc1F)C1CCOC1. The van der Waals surface area contributed by atoms with Crippen LogP contribution in [0.25, 0.3) is 27.3 Å². The largest absolute Gasteiger partial charge is 0.477 e. The number of nitrogens with zero attached hydrogens (tertiary/aromatic N) is 4. The number of hydrogen-bond donors (Lipinski definition) is 1. The number of thiophene rings is 1. The minimum atomic E-state index is -1.18. The first kappa shape index (κ1) is 25.2. The number of aromatic nitrogens is 3. The third kappa shape index (κ3) is 4.78. The van der Waals surface area contributed by atoms with E-state index in [9.17, 15) is 19.1 Å². The molecule has 1 aliphatic rings. The van der Waals surface area contributed by atoms with E-state index in [0.717, 1.165) is 39.9 Å². The predicted molar refractivity (Wildman–Crippen MR) is 146 cm³/mol. The van der Waals surface area contributed by atoms with Crippen molar-refractivity contribution in [3.05, 3.63) is 94.3 Å². The maximum Gasteiger partial charge on any atom is 0.348 e. The highest BCUT2D eigenvalue weighted by Gasteiger charge is 2.35. The molecule has 0 radical (unpaired) electrons. The molecule has 3 aromatic heterocycles. The highest BCUT2D eigenvalue weighted by molar-refractivity contribution is 7.18. The van der Waals surface area contributed by atoms with E-state index in [1.165, 1.54) is 17.0 Å². The number of carboxylic acids is 1. The van der Waals surface area contributed by atoms with Crippen molar-refractivity contribution in [2.24, 2.45) is 0 Å². The Morgan fingerprint density at radius 1 is 1.13 bits per heavy atom. The lowest BCUT2D eigenvalue weighted by atomic mass is 10.1. The lowest BCUT2D eigenvalue weighted by Crippen LogP contribution is -2.41. The molecule has 6 rings (SSSR count). The lowest BCUT2D eigenvalue weighted by molar-refractivity contribution is 0.0702. The second kappa shape index (κ2) is 10.2. The van der Waals surface area contributed by atoms with E-state index in [4.69, 9.17) is 16.3 Å². The Labute approximate surface area is 230 Å². The van der Waals surface area contributed by atoms with Crippen LogP contribution >= 0.6 is 22.9 Å². The molecular weight excluding hydrogens is 543 g/mol. The van der Waals surface area contributed by atoms with Crippen LogP contribution in [-0.2, 0) is 4.74 Å². The molecule has 11 heteroatoms. The van der Waals surface area contributed by atoms with Gasteiger partial charge in [0.1, 0.15) is 10.7 Å². The van der Waals surface area contributed by atoms with E-state index >= 15 is 0 Å². The fraction of sp³-hybridized carbons (Fsp3) is 0.143. The van der Waals surface area contributed by atoms with Crippen LogP contribution < -0.4 is 4.90 Å². The van der Waals surface area contributed by atoms with E-state index < -0.39 is 23.7 Å². The Morgan fingerprint density at radius 2 is 1.92 bits per heavy atom. The number of amides is 1. The van der Waals surface area contributed by atoms with Gasteiger partial charge in [-0.25, -0.2) is 18.7 Å². The number of anilines is 1. The zero-order valence-corrected chi connectivity index (χ0v) is 21.8. The molecule has 1 atom stereocenters. The minimum Gasteiger partial charge on any atom is -0.477 e. The molecule has 1 unspecified atom stereocenters. The van der Waals surface area contributed by atoms with Crippen molar-refractivity contribution in [2.45, 2.75) is 12.5 Å². The molecule has 2 aromatic carbocycles. The molecule has 1 amide bonds. The first-order chi connectivity index (χ1) is 18.9. The van der Waals surface area contributed by atoms with Crippen molar-refractivity contribution in [1.82, 2.24) is 14.6 Å². The average Bonchev–Trinajstić information content (AvgIpc) is 3.69. The summed E-state index contributed by atoms with van der Waals surface area (Å²) >= 11 is 6.94. The molecule has 0 saturated carbocycles. The van der Waals surface area contributed by atoms with Gasteiger partial charge in [0.2, 0.25) is 0 Å². The Hall–Kier alpha value is -4.12. The van der Waals surface area contributed by atoms with Crippen molar-refractivity contribution in [2.75, 3.05) is 18.1 Å². The molecular formula is C28H20ClFN4O4S. The van der Waals surface area contributed by atoms with Gasteiger partial charge in [-0.3, -0.25) is 4.79 Å². The van der Waals surface area contributed by atoms with Crippen LogP contribution in [-0.4, -0.2) is 50.8 Å². The van der Waals surface area contributed by atoms with Gasteiger partial charge in [0.15, 0.2) is 5.65 Å². The van der Waals surface area contributed by atoms with Crippen LogP contribution in [0.1, 0.15) is 26.5 Å². The Kier molecular flexibility index (Phi) is 6.59. The predicted octanol–water partition coefficient (Wildman–Crippen LogP) is 6.05. The van der Waals surface area contributed by atoms with Crippen LogP contribution in [0.15, 0.2) is 73.1 Å². The van der Waals surface area contributed by atoms with E-state index in [0.29, 0.717) is 17.9 Å². The zero-order chi connectivity index (χ0) is 27.1. The summed E-state index contributed by atoms with van der Waals surface area (Å²) in [4.78, 5) is 32.2. The third-order valence-corrected chi connectivity index (χ3v) is 7.92. The summed E-state index contributed by atoms with van der Waals surface area (Å²) in [6.07, 6.45) is 4.01. The Balaban J connectivity index is 1.38. The van der Waals surface area contributed by atoms with Crippen molar-refractivity contribution in [3.8, 4) is 21.7 Å². The van der Waals surface area contributed by atoms with Crippen LogP contribution in [0, 0.1) is 5.82 Å². The Morgan fingerprint density at radius 3 is 2.62 bits per heavy atom. The molecule has 1 saturated heterocycles. The van der Waals surface area contributed by atoms with Gasteiger partial charge in [0.25, 0.3) is 5.91 Å². The monoisotopic (exact) mass is 562 g/mol. The molecule has 1 aliphatic heterocycles. The van der Waals surface area contributed by atoms with Gasteiger partial charge in [-0.05, 0) is 42.3 Å². The Bertz CT molecular complexity index is 1680. The van der Waals surface area contributed by atoms with Crippen molar-refractivity contribution < 1.29 is 23.8 Å². The zero-order valence-electron chi connectivity index (χ0n) is 20.3. The molecule has 1 N–H and O–H groups in total.